The van der Waals surface area contributed by atoms with Crippen LogP contribution in [-0.2, 0) is 10.3 Å². The first-order valence-electron chi connectivity index (χ1n) is 8.45. The summed E-state index contributed by atoms with van der Waals surface area (Å²) in [5, 5.41) is 13.1. The summed E-state index contributed by atoms with van der Waals surface area (Å²) < 4.78 is 1.70. The lowest BCUT2D eigenvalue weighted by molar-refractivity contribution is -0.148. The van der Waals surface area contributed by atoms with Crippen LogP contribution in [-0.4, -0.2) is 49.7 Å². The first-order valence-corrected chi connectivity index (χ1v) is 8.45. The molecule has 0 unspecified atom stereocenters. The highest BCUT2D eigenvalue weighted by molar-refractivity contribution is 5.77. The second kappa shape index (κ2) is 5.91. The van der Waals surface area contributed by atoms with Gasteiger partial charge in [0.15, 0.2) is 0 Å². The van der Waals surface area contributed by atoms with E-state index in [-0.39, 0.29) is 5.95 Å². The molecule has 3 heterocycles. The quantitative estimate of drug-likeness (QED) is 0.732. The highest BCUT2D eigenvalue weighted by Crippen LogP contribution is 2.33. The molecule has 0 atom stereocenters. The summed E-state index contributed by atoms with van der Waals surface area (Å²) in [6.07, 6.45) is 8.12. The molecule has 2 aromatic heterocycles. The summed E-state index contributed by atoms with van der Waals surface area (Å²) in [5.74, 6) is 0.865. The second-order valence-electron chi connectivity index (χ2n) is 6.68. The van der Waals surface area contributed by atoms with Crippen LogP contribution in [0.15, 0.2) is 24.8 Å². The minimum absolute atomic E-state index is 0.227. The lowest BCUT2D eigenvalue weighted by Crippen LogP contribution is -2.51. The molecule has 1 saturated carbocycles. The fourth-order valence-electron chi connectivity index (χ4n) is 3.33. The van der Waals surface area contributed by atoms with Crippen molar-refractivity contribution in [2.45, 2.75) is 37.3 Å². The van der Waals surface area contributed by atoms with Crippen LogP contribution in [0.3, 0.4) is 0 Å². The van der Waals surface area contributed by atoms with Gasteiger partial charge in [0.1, 0.15) is 17.2 Å². The highest BCUT2D eigenvalue weighted by atomic mass is 16.4. The number of nitrogens with one attached hydrogen (secondary N) is 1. The van der Waals surface area contributed by atoms with Gasteiger partial charge in [0, 0.05) is 37.6 Å². The average molecular weight is 343 g/mol. The number of carboxylic acid groups (broad SMARTS) is 1. The number of carbonyl (C=O) groups is 1. The Balaban J connectivity index is 1.53. The van der Waals surface area contributed by atoms with Crippen molar-refractivity contribution in [3.8, 4) is 0 Å². The molecule has 0 aromatic carbocycles. The van der Waals surface area contributed by atoms with Crippen molar-refractivity contribution in [3.05, 3.63) is 24.8 Å². The molecule has 4 rings (SSSR count). The van der Waals surface area contributed by atoms with Crippen LogP contribution < -0.4 is 16.0 Å². The number of hydrogen-bond donors (Lipinski definition) is 3. The van der Waals surface area contributed by atoms with Gasteiger partial charge in [-0.15, -0.1) is 0 Å². The van der Waals surface area contributed by atoms with Gasteiger partial charge in [0.05, 0.1) is 6.33 Å². The Morgan fingerprint density at radius 3 is 2.68 bits per heavy atom. The van der Waals surface area contributed by atoms with Crippen LogP contribution in [0.1, 0.15) is 25.7 Å². The van der Waals surface area contributed by atoms with Crippen LogP contribution in [0.25, 0.3) is 0 Å². The van der Waals surface area contributed by atoms with Crippen molar-refractivity contribution in [3.63, 3.8) is 0 Å². The molecule has 0 spiro atoms. The normalized spacial score (nSPS) is 19.6. The van der Waals surface area contributed by atoms with E-state index in [1.54, 1.807) is 23.3 Å². The summed E-state index contributed by atoms with van der Waals surface area (Å²) in [5.41, 5.74) is 4.89. The van der Waals surface area contributed by atoms with Crippen LogP contribution >= 0.6 is 0 Å². The molecule has 2 aliphatic rings. The van der Waals surface area contributed by atoms with Gasteiger partial charge in [-0.2, -0.15) is 9.97 Å². The van der Waals surface area contributed by atoms with Gasteiger partial charge < -0.3 is 25.6 Å². The number of anilines is 3. The monoisotopic (exact) mass is 343 g/mol. The fraction of sp³-hybridized carbons (Fsp3) is 0.500. The number of hydrogen-bond acceptors (Lipinski definition) is 7. The van der Waals surface area contributed by atoms with E-state index in [4.69, 9.17) is 5.73 Å². The number of aliphatic carboxylic acids is 1. The van der Waals surface area contributed by atoms with Crippen molar-refractivity contribution >= 4 is 23.6 Å². The topological polar surface area (TPSA) is 122 Å². The molecular weight excluding hydrogens is 322 g/mol. The van der Waals surface area contributed by atoms with Crippen LogP contribution in [0.5, 0.6) is 0 Å². The third kappa shape index (κ3) is 2.97. The third-order valence-electron chi connectivity index (χ3n) is 4.97. The van der Waals surface area contributed by atoms with E-state index in [0.29, 0.717) is 32.0 Å². The van der Waals surface area contributed by atoms with E-state index < -0.39 is 11.5 Å². The number of nitrogens with zero attached hydrogens (tertiary/aromatic N) is 5. The van der Waals surface area contributed by atoms with Gasteiger partial charge in [-0.3, -0.25) is 0 Å². The Bertz CT molecular complexity index is 765. The Kier molecular flexibility index (Phi) is 3.70. The van der Waals surface area contributed by atoms with Crippen LogP contribution in [0.4, 0.5) is 17.6 Å². The van der Waals surface area contributed by atoms with Gasteiger partial charge in [-0.05, 0) is 25.7 Å². The Morgan fingerprint density at radius 1 is 1.32 bits per heavy atom. The number of nitrogen functional groups attached to an aromatic ring is 1. The number of nitrogens with two attached hydrogens (primary N) is 1. The molecule has 0 bridgehead atoms. The number of piperidine rings is 1. The second-order valence-corrected chi connectivity index (χ2v) is 6.68. The largest absolute Gasteiger partial charge is 0.479 e. The van der Waals surface area contributed by atoms with Crippen LogP contribution in [0, 0.1) is 0 Å². The van der Waals surface area contributed by atoms with E-state index in [2.05, 4.69) is 25.2 Å². The highest BCUT2D eigenvalue weighted by Gasteiger charge is 2.43. The van der Waals surface area contributed by atoms with Gasteiger partial charge in [-0.25, -0.2) is 9.78 Å². The molecule has 1 aliphatic heterocycles. The molecule has 9 nitrogen and oxygen atoms in total. The van der Waals surface area contributed by atoms with Gasteiger partial charge in [0.25, 0.3) is 0 Å². The van der Waals surface area contributed by atoms with Gasteiger partial charge in [-0.1, -0.05) is 0 Å². The zero-order chi connectivity index (χ0) is 17.4. The maximum absolute atomic E-state index is 11.9. The molecule has 25 heavy (non-hydrogen) atoms. The summed E-state index contributed by atoms with van der Waals surface area (Å²) >= 11 is 0. The molecule has 2 fully saturated rings. The zero-order valence-electron chi connectivity index (χ0n) is 13.8. The van der Waals surface area contributed by atoms with E-state index in [1.807, 2.05) is 6.07 Å². The summed E-state index contributed by atoms with van der Waals surface area (Å²) in [6, 6.07) is 2.36. The maximum atomic E-state index is 11.9. The minimum Gasteiger partial charge on any atom is -0.479 e. The standard InChI is InChI=1S/C16H21N7O2/c17-15-20-12(19-11-1-2-11)9-13(21-15)22-6-3-16(4-7-22,14(24)25)23-8-5-18-10-23/h5,8-11H,1-4,6-7H2,(H,24,25)(H3,17,19,20,21). The zero-order valence-corrected chi connectivity index (χ0v) is 13.8. The van der Waals surface area contributed by atoms with Crippen molar-refractivity contribution < 1.29 is 9.90 Å². The van der Waals surface area contributed by atoms with Crippen molar-refractivity contribution in [2.24, 2.45) is 0 Å². The predicted octanol–water partition coefficient (Wildman–Crippen LogP) is 0.910. The molecule has 1 aliphatic carbocycles. The maximum Gasteiger partial charge on any atom is 0.330 e. The lowest BCUT2D eigenvalue weighted by atomic mass is 9.87. The van der Waals surface area contributed by atoms with Gasteiger partial charge in [0.2, 0.25) is 5.95 Å². The Morgan fingerprint density at radius 2 is 2.08 bits per heavy atom. The van der Waals surface area contributed by atoms with E-state index in [1.165, 1.54) is 0 Å². The number of aromatic nitrogens is 4. The molecule has 2 aromatic rings. The molecule has 0 radical (unpaired) electrons. The number of imidazole rings is 1. The van der Waals surface area contributed by atoms with E-state index in [0.717, 1.165) is 24.5 Å². The first-order chi connectivity index (χ1) is 12.1. The number of rotatable bonds is 5. The third-order valence-corrected chi connectivity index (χ3v) is 4.97. The van der Waals surface area contributed by atoms with Crippen molar-refractivity contribution in [2.75, 3.05) is 29.0 Å². The molecule has 1 saturated heterocycles. The van der Waals surface area contributed by atoms with Crippen molar-refractivity contribution in [1.29, 1.82) is 0 Å². The first kappa shape index (κ1) is 15.7. The molecule has 0 amide bonds. The Labute approximate surface area is 144 Å². The molecule has 132 valence electrons. The lowest BCUT2D eigenvalue weighted by Gasteiger charge is -2.40. The SMILES string of the molecule is Nc1nc(NC2CC2)cc(N2CCC(C(=O)O)(n3ccnc3)CC2)n1. The Hall–Kier alpha value is -2.84. The average Bonchev–Trinajstić information content (AvgIpc) is 3.23. The summed E-state index contributed by atoms with van der Waals surface area (Å²) in [4.78, 5) is 26.5. The smallest absolute Gasteiger partial charge is 0.330 e. The van der Waals surface area contributed by atoms with E-state index in [9.17, 15) is 9.90 Å². The minimum atomic E-state index is -0.958. The molecule has 9 heteroatoms. The number of carboxylic acids is 1. The summed E-state index contributed by atoms with van der Waals surface area (Å²) in [6.45, 7) is 1.15. The molecule has 4 N–H and O–H groups in total. The van der Waals surface area contributed by atoms with Crippen molar-refractivity contribution in [1.82, 2.24) is 19.5 Å². The van der Waals surface area contributed by atoms with E-state index >= 15 is 0 Å². The summed E-state index contributed by atoms with van der Waals surface area (Å²) in [7, 11) is 0. The molecular formula is C16H21N7O2. The predicted molar refractivity (Wildman–Crippen MR) is 92.4 cm³/mol. The van der Waals surface area contributed by atoms with Crippen LogP contribution in [0.2, 0.25) is 0 Å². The van der Waals surface area contributed by atoms with Gasteiger partial charge >= 0.3 is 5.97 Å². The fourth-order valence-corrected chi connectivity index (χ4v) is 3.33.